The standard InChI is InChI=1S/C15H22F3N3O/c1-20-13(15(16,17)18)8-14(19-20)22-10-12-5-4-11(12)9-21-6-2-3-7-21/h8,11-12H,2-7,9-10H2,1H3/t11-,12-/m1/s1. The summed E-state index contributed by atoms with van der Waals surface area (Å²) in [5.41, 5.74) is -0.773. The molecule has 0 unspecified atom stereocenters. The van der Waals surface area contributed by atoms with E-state index in [2.05, 4.69) is 10.00 Å². The summed E-state index contributed by atoms with van der Waals surface area (Å²) in [6.45, 7) is 3.93. The van der Waals surface area contributed by atoms with E-state index in [1.54, 1.807) is 0 Å². The minimum Gasteiger partial charge on any atom is -0.476 e. The highest BCUT2D eigenvalue weighted by Gasteiger charge is 2.36. The number of nitrogens with zero attached hydrogens (tertiary/aromatic N) is 3. The van der Waals surface area contributed by atoms with Crippen molar-refractivity contribution in [2.24, 2.45) is 18.9 Å². The molecular weight excluding hydrogens is 295 g/mol. The Kier molecular flexibility index (Phi) is 4.34. The minimum atomic E-state index is -4.39. The molecule has 1 aromatic heterocycles. The third kappa shape index (κ3) is 3.39. The molecule has 0 spiro atoms. The van der Waals surface area contributed by atoms with Crippen LogP contribution in [0, 0.1) is 11.8 Å². The first kappa shape index (κ1) is 15.6. The van der Waals surface area contributed by atoms with Gasteiger partial charge in [0.2, 0.25) is 5.88 Å². The largest absolute Gasteiger partial charge is 0.476 e. The van der Waals surface area contributed by atoms with Gasteiger partial charge < -0.3 is 9.64 Å². The zero-order valence-electron chi connectivity index (χ0n) is 12.8. The lowest BCUT2D eigenvalue weighted by Gasteiger charge is -2.38. The number of alkyl halides is 3. The number of aromatic nitrogens is 2. The van der Waals surface area contributed by atoms with Crippen molar-refractivity contribution in [1.29, 1.82) is 0 Å². The van der Waals surface area contributed by atoms with Gasteiger partial charge in [-0.1, -0.05) is 0 Å². The lowest BCUT2D eigenvalue weighted by molar-refractivity contribution is -0.143. The van der Waals surface area contributed by atoms with Gasteiger partial charge in [0.05, 0.1) is 6.61 Å². The Morgan fingerprint density at radius 2 is 1.91 bits per heavy atom. The number of ether oxygens (including phenoxy) is 1. The van der Waals surface area contributed by atoms with Crippen molar-refractivity contribution >= 4 is 0 Å². The summed E-state index contributed by atoms with van der Waals surface area (Å²) in [7, 11) is 1.29. The fourth-order valence-corrected chi connectivity index (χ4v) is 3.36. The topological polar surface area (TPSA) is 30.3 Å². The van der Waals surface area contributed by atoms with E-state index in [1.165, 1.54) is 39.4 Å². The van der Waals surface area contributed by atoms with E-state index in [1.807, 2.05) is 0 Å². The number of rotatable bonds is 5. The summed E-state index contributed by atoms with van der Waals surface area (Å²) in [5, 5.41) is 3.80. The molecule has 1 aliphatic heterocycles. The Labute approximate surface area is 128 Å². The van der Waals surface area contributed by atoms with Crippen LogP contribution in [0.1, 0.15) is 31.4 Å². The van der Waals surface area contributed by atoms with Crippen molar-refractivity contribution < 1.29 is 17.9 Å². The molecule has 0 amide bonds. The maximum Gasteiger partial charge on any atom is 0.433 e. The van der Waals surface area contributed by atoms with Gasteiger partial charge in [-0.15, -0.1) is 5.10 Å². The lowest BCUT2D eigenvalue weighted by atomic mass is 9.74. The van der Waals surface area contributed by atoms with Gasteiger partial charge in [0.1, 0.15) is 5.69 Å². The van der Waals surface area contributed by atoms with Crippen LogP contribution in [0.5, 0.6) is 5.88 Å². The molecule has 1 aliphatic carbocycles. The molecule has 22 heavy (non-hydrogen) atoms. The van der Waals surface area contributed by atoms with Crippen LogP contribution in [0.4, 0.5) is 13.2 Å². The number of hydrogen-bond acceptors (Lipinski definition) is 3. The van der Waals surface area contributed by atoms with Crippen molar-refractivity contribution in [1.82, 2.24) is 14.7 Å². The van der Waals surface area contributed by atoms with Crippen molar-refractivity contribution in [3.05, 3.63) is 11.8 Å². The van der Waals surface area contributed by atoms with Crippen molar-refractivity contribution in [2.75, 3.05) is 26.2 Å². The van der Waals surface area contributed by atoms with Crippen LogP contribution in [0.15, 0.2) is 6.07 Å². The van der Waals surface area contributed by atoms with E-state index in [0.717, 1.165) is 23.7 Å². The maximum atomic E-state index is 12.7. The van der Waals surface area contributed by atoms with Crippen molar-refractivity contribution in [3.63, 3.8) is 0 Å². The molecule has 1 saturated heterocycles. The first-order valence-corrected chi connectivity index (χ1v) is 7.90. The predicted molar refractivity (Wildman–Crippen MR) is 75.6 cm³/mol. The molecule has 3 rings (SSSR count). The maximum absolute atomic E-state index is 12.7. The Morgan fingerprint density at radius 1 is 1.23 bits per heavy atom. The second kappa shape index (κ2) is 6.10. The molecule has 124 valence electrons. The number of aryl methyl sites for hydroxylation is 1. The van der Waals surface area contributed by atoms with E-state index in [9.17, 15) is 13.2 Å². The molecule has 2 heterocycles. The number of likely N-dealkylation sites (tertiary alicyclic amines) is 1. The average Bonchev–Trinajstić information content (AvgIpc) is 3.03. The third-order valence-electron chi connectivity index (χ3n) is 4.86. The SMILES string of the molecule is Cn1nc(OC[C@H]2CC[C@@H]2CN2CCCC2)cc1C(F)(F)F. The Balaban J connectivity index is 1.50. The van der Waals surface area contributed by atoms with E-state index in [-0.39, 0.29) is 5.88 Å². The second-order valence-electron chi connectivity index (χ2n) is 6.41. The summed E-state index contributed by atoms with van der Waals surface area (Å²) < 4.78 is 44.5. The normalized spacial score (nSPS) is 26.2. The molecule has 2 fully saturated rings. The Bertz CT molecular complexity index is 509. The molecule has 4 nitrogen and oxygen atoms in total. The highest BCUT2D eigenvalue weighted by atomic mass is 19.4. The summed E-state index contributed by atoms with van der Waals surface area (Å²) in [4.78, 5) is 2.49. The van der Waals surface area contributed by atoms with Crippen LogP contribution in [0.3, 0.4) is 0 Å². The average molecular weight is 317 g/mol. The van der Waals surface area contributed by atoms with E-state index >= 15 is 0 Å². The first-order chi connectivity index (χ1) is 10.4. The zero-order valence-corrected chi connectivity index (χ0v) is 12.8. The monoisotopic (exact) mass is 317 g/mol. The highest BCUT2D eigenvalue weighted by Crippen LogP contribution is 2.36. The van der Waals surface area contributed by atoms with Crippen LogP contribution in [0.2, 0.25) is 0 Å². The van der Waals surface area contributed by atoms with Gasteiger partial charge in [0.25, 0.3) is 0 Å². The molecule has 0 radical (unpaired) electrons. The van der Waals surface area contributed by atoms with E-state index in [0.29, 0.717) is 18.4 Å². The van der Waals surface area contributed by atoms with Gasteiger partial charge in [-0.25, -0.2) is 0 Å². The van der Waals surface area contributed by atoms with Gasteiger partial charge in [0, 0.05) is 19.7 Å². The quantitative estimate of drug-likeness (QED) is 0.836. The lowest BCUT2D eigenvalue weighted by Crippen LogP contribution is -2.39. The smallest absolute Gasteiger partial charge is 0.433 e. The van der Waals surface area contributed by atoms with Crippen LogP contribution in [0.25, 0.3) is 0 Å². The minimum absolute atomic E-state index is 0.0710. The van der Waals surface area contributed by atoms with Crippen LogP contribution in [-0.4, -0.2) is 40.9 Å². The van der Waals surface area contributed by atoms with Gasteiger partial charge >= 0.3 is 6.18 Å². The molecule has 2 atom stereocenters. The fraction of sp³-hybridized carbons (Fsp3) is 0.800. The van der Waals surface area contributed by atoms with Crippen LogP contribution in [-0.2, 0) is 13.2 Å². The van der Waals surface area contributed by atoms with Crippen molar-refractivity contribution in [2.45, 2.75) is 31.9 Å². The summed E-state index contributed by atoms with van der Waals surface area (Å²) in [5.74, 6) is 1.13. The van der Waals surface area contributed by atoms with Crippen molar-refractivity contribution in [3.8, 4) is 5.88 Å². The fourth-order valence-electron chi connectivity index (χ4n) is 3.36. The van der Waals surface area contributed by atoms with E-state index in [4.69, 9.17) is 4.74 Å². The first-order valence-electron chi connectivity index (χ1n) is 7.90. The van der Waals surface area contributed by atoms with Crippen LogP contribution < -0.4 is 4.74 Å². The third-order valence-corrected chi connectivity index (χ3v) is 4.86. The summed E-state index contributed by atoms with van der Waals surface area (Å²) >= 11 is 0. The molecule has 1 aromatic rings. The Morgan fingerprint density at radius 3 is 2.45 bits per heavy atom. The summed E-state index contributed by atoms with van der Waals surface area (Å²) in [6.07, 6.45) is 0.459. The number of hydrogen-bond donors (Lipinski definition) is 0. The molecule has 1 saturated carbocycles. The molecule has 0 bridgehead atoms. The number of halogens is 3. The Hall–Kier alpha value is -1.24. The van der Waals surface area contributed by atoms with E-state index < -0.39 is 11.9 Å². The molecule has 2 aliphatic rings. The summed E-state index contributed by atoms with van der Waals surface area (Å²) in [6, 6.07) is 0.980. The van der Waals surface area contributed by atoms with Gasteiger partial charge in [-0.3, -0.25) is 4.68 Å². The molecule has 0 N–H and O–H groups in total. The highest BCUT2D eigenvalue weighted by molar-refractivity contribution is 5.18. The molecule has 0 aromatic carbocycles. The molecule has 7 heteroatoms. The van der Waals surface area contributed by atoms with Crippen LogP contribution >= 0.6 is 0 Å². The van der Waals surface area contributed by atoms with Gasteiger partial charge in [-0.05, 0) is 50.6 Å². The predicted octanol–water partition coefficient (Wildman–Crippen LogP) is 2.94. The van der Waals surface area contributed by atoms with Gasteiger partial charge in [0.15, 0.2) is 0 Å². The molecular formula is C15H22F3N3O. The zero-order chi connectivity index (χ0) is 15.7. The second-order valence-corrected chi connectivity index (χ2v) is 6.41. The van der Waals surface area contributed by atoms with Gasteiger partial charge in [-0.2, -0.15) is 13.2 Å².